The van der Waals surface area contributed by atoms with Crippen LogP contribution in [0.15, 0.2) is 182 Å². The summed E-state index contributed by atoms with van der Waals surface area (Å²) < 4.78 is 61.4. The van der Waals surface area contributed by atoms with Crippen LogP contribution in [0.5, 0.6) is 0 Å². The summed E-state index contributed by atoms with van der Waals surface area (Å²) in [6.07, 6.45) is 112. The van der Waals surface area contributed by atoms with E-state index in [1.165, 1.54) is 96.3 Å². The Kier molecular flexibility index (Phi) is 81.9. The lowest BCUT2D eigenvalue weighted by atomic mass is 10.0. The molecule has 0 saturated carbocycles. The molecule has 16 nitrogen and oxygen atoms in total. The molecular weight excluding hydrogens is 1460 g/mol. The van der Waals surface area contributed by atoms with Crippen LogP contribution in [0, 0.1) is 0 Å². The van der Waals surface area contributed by atoms with Crippen molar-refractivity contribution in [3.63, 3.8) is 0 Å². The van der Waals surface area contributed by atoms with Crippen molar-refractivity contribution in [1.82, 2.24) is 0 Å². The maximum Gasteiger partial charge on any atom is 0.472 e. The highest BCUT2D eigenvalue weighted by Crippen LogP contribution is 2.45. The lowest BCUT2D eigenvalue weighted by molar-refractivity contribution is -0.161. The van der Waals surface area contributed by atoms with E-state index in [9.17, 15) is 43.5 Å². The number of rotatable bonds is 82. The predicted molar refractivity (Wildman–Crippen MR) is 472 cm³/mol. The van der Waals surface area contributed by atoms with Gasteiger partial charge in [0.15, 0.2) is 6.10 Å². The van der Waals surface area contributed by atoms with Crippen LogP contribution in [-0.4, -0.2) is 95.9 Å². The van der Waals surface area contributed by atoms with Gasteiger partial charge in [-0.25, -0.2) is 9.13 Å². The quantitative estimate of drug-likeness (QED) is 0.0146. The van der Waals surface area contributed by atoms with Crippen LogP contribution in [0.3, 0.4) is 0 Å². The average molecular weight is 1620 g/mol. The van der Waals surface area contributed by atoms with Crippen molar-refractivity contribution in [2.75, 3.05) is 39.6 Å². The molecule has 5 atom stereocenters. The second kappa shape index (κ2) is 86.0. The number of hydrogen-bond donors (Lipinski definition) is 4. The number of phosphoric ester groups is 2. The van der Waals surface area contributed by atoms with Gasteiger partial charge < -0.3 is 34.2 Å². The highest BCUT2D eigenvalue weighted by atomic mass is 31.2. The third-order valence-corrected chi connectivity index (χ3v) is 20.0. The summed E-state index contributed by atoms with van der Waals surface area (Å²) in [5.74, 6) is -1.61. The average Bonchev–Trinajstić information content (AvgIpc) is 0.903. The molecule has 0 radical (unpaired) electrons. The summed E-state index contributed by atoms with van der Waals surface area (Å²) in [5, 5.41) is 20.7. The summed E-state index contributed by atoms with van der Waals surface area (Å²) >= 11 is 0. The van der Waals surface area contributed by atoms with E-state index >= 15 is 0 Å². The lowest BCUT2D eigenvalue weighted by Crippen LogP contribution is -2.30. The van der Waals surface area contributed by atoms with Crippen LogP contribution >= 0.6 is 15.6 Å². The number of carbonyl (C=O) groups is 3. The van der Waals surface area contributed by atoms with Gasteiger partial charge in [0.2, 0.25) is 0 Å². The molecule has 0 saturated heterocycles. The number of hydrogen-bond acceptors (Lipinski definition) is 14. The molecule has 0 heterocycles. The first-order valence-electron chi connectivity index (χ1n) is 44.1. The Morgan fingerprint density at radius 3 is 0.743 bits per heavy atom. The smallest absolute Gasteiger partial charge is 0.463 e. The monoisotopic (exact) mass is 1620 g/mol. The van der Waals surface area contributed by atoms with Crippen LogP contribution in [-0.2, 0) is 55.8 Å². The SMILES string of the molecule is CC/C=C\C/C=C\C/C=C\C/C=C\C/C=C\C/C=C\CCCCCCCCCCCCC(=O)OCC(O)COP(=O)(O)OCC(O)COP(=O)(O)OCC(COC(=O)CCCCCCCCCCCCC/C=C\C/C=C\C/C=C\C/C=C\CCCCC)OC(=O)CCCCCCC/C=C\C/C=C\C/C=C\C/C=C\C/C=C\CC. The molecule has 0 spiro atoms. The fourth-order valence-corrected chi connectivity index (χ4v) is 13.1. The van der Waals surface area contributed by atoms with Gasteiger partial charge in [-0.3, -0.25) is 32.5 Å². The molecule has 0 aromatic rings. The summed E-state index contributed by atoms with van der Waals surface area (Å²) in [6, 6.07) is 0. The minimum Gasteiger partial charge on any atom is -0.463 e. The van der Waals surface area contributed by atoms with Crippen molar-refractivity contribution in [1.29, 1.82) is 0 Å². The normalized spacial score (nSPS) is 14.7. The molecule has 4 N–H and O–H groups in total. The summed E-state index contributed by atoms with van der Waals surface area (Å²) in [7, 11) is -9.82. The number of aliphatic hydroxyl groups excluding tert-OH is 2. The molecule has 18 heteroatoms. The van der Waals surface area contributed by atoms with Gasteiger partial charge in [-0.05, 0) is 161 Å². The molecule has 0 aliphatic rings. The molecule has 5 unspecified atom stereocenters. The Morgan fingerprint density at radius 1 is 0.257 bits per heavy atom. The first-order valence-corrected chi connectivity index (χ1v) is 47.1. The van der Waals surface area contributed by atoms with Crippen molar-refractivity contribution in [3.8, 4) is 0 Å². The zero-order valence-corrected chi connectivity index (χ0v) is 72.5. The van der Waals surface area contributed by atoms with Gasteiger partial charge in [0.1, 0.15) is 25.4 Å². The van der Waals surface area contributed by atoms with E-state index in [4.69, 9.17) is 32.3 Å². The molecule has 113 heavy (non-hydrogen) atoms. The topological polar surface area (TPSA) is 231 Å². The molecule has 0 fully saturated rings. The van der Waals surface area contributed by atoms with Crippen LogP contribution < -0.4 is 0 Å². The first kappa shape index (κ1) is 108. The first-order chi connectivity index (χ1) is 55.2. The van der Waals surface area contributed by atoms with Gasteiger partial charge in [-0.2, -0.15) is 0 Å². The number of ether oxygens (including phenoxy) is 3. The number of allylic oxidation sites excluding steroid dienone is 30. The van der Waals surface area contributed by atoms with Gasteiger partial charge >= 0.3 is 33.6 Å². The molecule has 0 aliphatic carbocycles. The van der Waals surface area contributed by atoms with Crippen molar-refractivity contribution in [2.24, 2.45) is 0 Å². The number of phosphoric acid groups is 2. The largest absolute Gasteiger partial charge is 0.472 e. The predicted octanol–water partition coefficient (Wildman–Crippen LogP) is 26.9. The van der Waals surface area contributed by atoms with E-state index in [0.717, 1.165) is 186 Å². The second-order valence-corrected chi connectivity index (χ2v) is 31.8. The minimum absolute atomic E-state index is 0.0761. The van der Waals surface area contributed by atoms with E-state index in [0.29, 0.717) is 19.3 Å². The van der Waals surface area contributed by atoms with E-state index in [1.54, 1.807) is 0 Å². The van der Waals surface area contributed by atoms with Crippen LogP contribution in [0.25, 0.3) is 0 Å². The summed E-state index contributed by atoms with van der Waals surface area (Å²) in [4.78, 5) is 58.9. The molecule has 0 aromatic carbocycles. The zero-order valence-electron chi connectivity index (χ0n) is 70.7. The lowest BCUT2D eigenvalue weighted by Gasteiger charge is -2.21. The number of unbranched alkanes of at least 4 members (excludes halogenated alkanes) is 29. The molecule has 0 aromatic heterocycles. The van der Waals surface area contributed by atoms with Gasteiger partial charge in [-0.15, -0.1) is 0 Å². The highest BCUT2D eigenvalue weighted by molar-refractivity contribution is 7.47. The van der Waals surface area contributed by atoms with Gasteiger partial charge in [0.25, 0.3) is 0 Å². The van der Waals surface area contributed by atoms with Crippen LogP contribution in [0.2, 0.25) is 0 Å². The van der Waals surface area contributed by atoms with Gasteiger partial charge in [-0.1, -0.05) is 344 Å². The number of aliphatic hydroxyl groups is 2. The van der Waals surface area contributed by atoms with Gasteiger partial charge in [0, 0.05) is 19.3 Å². The standard InChI is InChI=1S/C95H158O16P2/c1-4-7-10-13-16-19-22-25-28-31-34-37-39-41-43-44-46-48-49-52-54-57-60-63-66-69-72-75-78-81-93(98)105-84-90(96)85-107-112(101,102)108-86-91(97)87-109-113(103,104)110-89-92(111-95(100)83-80-77-74-71-68-65-62-59-56-51-36-33-30-27-24-21-18-15-12-9-6-3)88-106-94(99)82-79-76-73-70-67-64-61-58-55-53-50-47-45-42-40-38-35-32-29-26-23-20-17-14-11-8-5-2/h7,9-10,12,16-21,25-30,34-38,41-43,45-46,48,51,59,62,90-92,96-97H,4-6,8,11,13-15,22-24,31-33,39-40,44,47,49-50,52-58,60-61,63-89H2,1-3H3,(H,101,102)(H,103,104)/b10-7-,12-9-,19-16-,20-17-,21-18-,28-25-,29-26-,30-27-,37-34-,38-35-,43-41-,45-42-,48-46-,51-36-,62-59-. The maximum absolute atomic E-state index is 13.0. The van der Waals surface area contributed by atoms with Crippen molar-refractivity contribution < 1.29 is 75.8 Å². The van der Waals surface area contributed by atoms with Crippen molar-refractivity contribution >= 4 is 33.6 Å². The van der Waals surface area contributed by atoms with Crippen molar-refractivity contribution in [2.45, 2.75) is 360 Å². The van der Waals surface area contributed by atoms with Gasteiger partial charge in [0.05, 0.1) is 26.4 Å². The molecule has 0 rings (SSSR count). The Hall–Kier alpha value is -5.35. The number of carbonyl (C=O) groups excluding carboxylic acids is 3. The maximum atomic E-state index is 13.0. The summed E-state index contributed by atoms with van der Waals surface area (Å²) in [6.45, 7) is 2.41. The fraction of sp³-hybridized carbons (Fsp3) is 0.653. The second-order valence-electron chi connectivity index (χ2n) is 28.9. The Labute approximate surface area is 687 Å². The Bertz CT molecular complexity index is 2780. The van der Waals surface area contributed by atoms with Crippen molar-refractivity contribution in [3.05, 3.63) is 182 Å². The van der Waals surface area contributed by atoms with E-state index in [-0.39, 0.29) is 19.3 Å². The van der Waals surface area contributed by atoms with Crippen LogP contribution in [0.4, 0.5) is 0 Å². The Balaban J connectivity index is 4.66. The van der Waals surface area contributed by atoms with Crippen LogP contribution in [0.1, 0.15) is 342 Å². The van der Waals surface area contributed by atoms with E-state index < -0.39 is 91.5 Å². The molecule has 0 bridgehead atoms. The van der Waals surface area contributed by atoms with E-state index in [2.05, 4.69) is 203 Å². The van der Waals surface area contributed by atoms with E-state index in [1.807, 2.05) is 0 Å². The molecule has 644 valence electrons. The minimum atomic E-state index is -4.95. The summed E-state index contributed by atoms with van der Waals surface area (Å²) in [5.41, 5.74) is 0. The molecule has 0 aliphatic heterocycles. The number of esters is 3. The third-order valence-electron chi connectivity index (χ3n) is 18.1. The highest BCUT2D eigenvalue weighted by Gasteiger charge is 2.29. The zero-order chi connectivity index (χ0) is 82.2. The molecular formula is C95H158O16P2. The fourth-order valence-electron chi connectivity index (χ4n) is 11.5. The molecule has 0 amide bonds. The Morgan fingerprint density at radius 2 is 0.469 bits per heavy atom. The third kappa shape index (κ3) is 87.3.